The van der Waals surface area contributed by atoms with Crippen molar-refractivity contribution in [3.8, 4) is 22.6 Å². The summed E-state index contributed by atoms with van der Waals surface area (Å²) in [5.41, 5.74) is 5.49. The van der Waals surface area contributed by atoms with Crippen LogP contribution in [0, 0.1) is 6.92 Å². The number of hydrogen-bond donors (Lipinski definition) is 0. The minimum atomic E-state index is -0.204. The molecular weight excluding hydrogens is 416 g/mol. The van der Waals surface area contributed by atoms with Crippen LogP contribution in [0.15, 0.2) is 65.1 Å². The van der Waals surface area contributed by atoms with Gasteiger partial charge in [-0.1, -0.05) is 35.9 Å². The summed E-state index contributed by atoms with van der Waals surface area (Å²) in [5.74, 6) is 1.66. The zero-order valence-corrected chi connectivity index (χ0v) is 19.0. The topological polar surface area (TPSA) is 64.8 Å². The van der Waals surface area contributed by atoms with Crippen molar-refractivity contribution in [1.82, 2.24) is 9.88 Å². The van der Waals surface area contributed by atoms with Gasteiger partial charge in [0.25, 0.3) is 5.91 Å². The van der Waals surface area contributed by atoms with Gasteiger partial charge in [-0.3, -0.25) is 4.79 Å². The number of carbonyl (C=O) groups excluding carboxylic acids is 1. The molecule has 0 radical (unpaired) electrons. The third-order valence-electron chi connectivity index (χ3n) is 6.15. The van der Waals surface area contributed by atoms with Crippen LogP contribution in [0.2, 0.25) is 0 Å². The highest BCUT2D eigenvalue weighted by molar-refractivity contribution is 5.95. The fourth-order valence-corrected chi connectivity index (χ4v) is 4.46. The summed E-state index contributed by atoms with van der Waals surface area (Å²) in [6.45, 7) is 2.73. The van der Waals surface area contributed by atoms with Gasteiger partial charge in [0.1, 0.15) is 23.1 Å². The first-order valence-corrected chi connectivity index (χ1v) is 11.1. The van der Waals surface area contributed by atoms with Gasteiger partial charge >= 0.3 is 0 Å². The van der Waals surface area contributed by atoms with Crippen molar-refractivity contribution in [2.24, 2.45) is 0 Å². The second-order valence-corrected chi connectivity index (χ2v) is 8.36. The average Bonchev–Trinajstić information content (AvgIpc) is 3.49. The zero-order chi connectivity index (χ0) is 22.9. The fraction of sp³-hybridized carbons (Fsp3) is 0.259. The molecule has 0 bridgehead atoms. The molecule has 1 fully saturated rings. The molecule has 33 heavy (non-hydrogen) atoms. The molecule has 0 saturated carbocycles. The first kappa shape index (κ1) is 21.1. The smallest absolute Gasteiger partial charge is 0.254 e. The van der Waals surface area contributed by atoms with Crippen LogP contribution in [0.25, 0.3) is 22.2 Å². The van der Waals surface area contributed by atoms with Crippen molar-refractivity contribution in [2.45, 2.75) is 25.8 Å². The Morgan fingerprint density at radius 1 is 1.00 bits per heavy atom. The number of nitrogens with zero attached hydrogens (tertiary/aromatic N) is 2. The Bertz CT molecular complexity index is 1300. The van der Waals surface area contributed by atoms with E-state index >= 15 is 0 Å². The third-order valence-corrected chi connectivity index (χ3v) is 6.15. The molecule has 1 aromatic heterocycles. The van der Waals surface area contributed by atoms with E-state index in [-0.39, 0.29) is 11.9 Å². The molecule has 4 aromatic rings. The lowest BCUT2D eigenvalue weighted by Gasteiger charge is -2.22. The Kier molecular flexibility index (Phi) is 5.50. The fourth-order valence-electron chi connectivity index (χ4n) is 4.46. The summed E-state index contributed by atoms with van der Waals surface area (Å²) in [5, 5.41) is 0. The molecule has 1 saturated heterocycles. The molecule has 1 amide bonds. The summed E-state index contributed by atoms with van der Waals surface area (Å²) in [6, 6.07) is 19.5. The molecule has 0 N–H and O–H groups in total. The zero-order valence-electron chi connectivity index (χ0n) is 19.0. The van der Waals surface area contributed by atoms with Crippen molar-refractivity contribution in [3.63, 3.8) is 0 Å². The molecule has 6 nitrogen and oxygen atoms in total. The highest BCUT2D eigenvalue weighted by Gasteiger charge is 2.34. The van der Waals surface area contributed by atoms with Crippen molar-refractivity contribution in [1.29, 1.82) is 0 Å². The molecule has 3 aromatic carbocycles. The summed E-state index contributed by atoms with van der Waals surface area (Å²) in [4.78, 5) is 20.0. The van der Waals surface area contributed by atoms with Gasteiger partial charge < -0.3 is 18.8 Å². The van der Waals surface area contributed by atoms with E-state index in [4.69, 9.17) is 18.9 Å². The second-order valence-electron chi connectivity index (χ2n) is 8.36. The van der Waals surface area contributed by atoms with E-state index in [1.807, 2.05) is 23.1 Å². The number of likely N-dealkylation sites (tertiary alicyclic amines) is 1. The Morgan fingerprint density at radius 2 is 1.76 bits per heavy atom. The number of oxazole rings is 1. The van der Waals surface area contributed by atoms with E-state index in [0.717, 1.165) is 35.1 Å². The van der Waals surface area contributed by atoms with E-state index in [2.05, 4.69) is 31.2 Å². The van der Waals surface area contributed by atoms with Crippen LogP contribution in [-0.4, -0.2) is 36.6 Å². The number of benzene rings is 3. The predicted octanol–water partition coefficient (Wildman–Crippen LogP) is 5.80. The van der Waals surface area contributed by atoms with E-state index < -0.39 is 0 Å². The second kappa shape index (κ2) is 8.62. The lowest BCUT2D eigenvalue weighted by atomic mass is 10.0. The van der Waals surface area contributed by atoms with Gasteiger partial charge in [-0.2, -0.15) is 0 Å². The minimum absolute atomic E-state index is 0.0857. The molecule has 2 heterocycles. The van der Waals surface area contributed by atoms with Gasteiger partial charge in [0, 0.05) is 18.2 Å². The monoisotopic (exact) mass is 442 g/mol. The Morgan fingerprint density at radius 3 is 2.48 bits per heavy atom. The van der Waals surface area contributed by atoms with Gasteiger partial charge in [-0.25, -0.2) is 4.98 Å². The molecule has 0 aliphatic carbocycles. The van der Waals surface area contributed by atoms with Gasteiger partial charge in [0.05, 0.1) is 14.2 Å². The third kappa shape index (κ3) is 4.04. The maximum atomic E-state index is 13.4. The normalized spacial score (nSPS) is 15.7. The summed E-state index contributed by atoms with van der Waals surface area (Å²) >= 11 is 0. The summed E-state index contributed by atoms with van der Waals surface area (Å²) in [7, 11) is 3.15. The Labute approximate surface area is 192 Å². The number of ether oxygens (including phenoxy) is 2. The minimum Gasteiger partial charge on any atom is -0.497 e. The van der Waals surface area contributed by atoms with Crippen LogP contribution < -0.4 is 9.47 Å². The van der Waals surface area contributed by atoms with Crippen molar-refractivity contribution in [3.05, 3.63) is 77.7 Å². The first-order valence-electron chi connectivity index (χ1n) is 11.1. The number of hydrogen-bond acceptors (Lipinski definition) is 5. The van der Waals surface area contributed by atoms with E-state index in [1.54, 1.807) is 32.4 Å². The summed E-state index contributed by atoms with van der Waals surface area (Å²) in [6.07, 6.45) is 1.70. The van der Waals surface area contributed by atoms with Gasteiger partial charge in [-0.05, 0) is 55.2 Å². The number of aryl methyl sites for hydroxylation is 1. The van der Waals surface area contributed by atoms with Crippen LogP contribution in [-0.2, 0) is 0 Å². The van der Waals surface area contributed by atoms with Gasteiger partial charge in [-0.15, -0.1) is 0 Å². The highest BCUT2D eigenvalue weighted by Crippen LogP contribution is 2.36. The van der Waals surface area contributed by atoms with E-state index in [0.29, 0.717) is 29.5 Å². The number of amides is 1. The molecule has 0 spiro atoms. The van der Waals surface area contributed by atoms with Crippen LogP contribution in [0.5, 0.6) is 11.5 Å². The predicted molar refractivity (Wildman–Crippen MR) is 127 cm³/mol. The molecule has 6 heteroatoms. The molecule has 5 rings (SSSR count). The largest absolute Gasteiger partial charge is 0.497 e. The lowest BCUT2D eigenvalue weighted by Crippen LogP contribution is -2.30. The Hall–Kier alpha value is -3.80. The number of aromatic nitrogens is 1. The molecular formula is C27H26N2O4. The van der Waals surface area contributed by atoms with Crippen LogP contribution >= 0.6 is 0 Å². The van der Waals surface area contributed by atoms with Crippen molar-refractivity contribution in [2.75, 3.05) is 20.8 Å². The molecule has 168 valence electrons. The molecule has 1 unspecified atom stereocenters. The standard InChI is InChI=1S/C27H26N2O4/c1-17-6-4-7-18(12-17)19-9-10-25-23(15-19)28-26(33-25)24-8-5-11-29(24)27(30)20-13-21(31-2)16-22(14-20)32-3/h4,6-7,9-10,12-16,24H,5,8,11H2,1-3H3. The van der Waals surface area contributed by atoms with Crippen LogP contribution in [0.4, 0.5) is 0 Å². The van der Waals surface area contributed by atoms with Crippen LogP contribution in [0.3, 0.4) is 0 Å². The molecule has 1 aliphatic rings. The maximum absolute atomic E-state index is 13.4. The average molecular weight is 443 g/mol. The van der Waals surface area contributed by atoms with Gasteiger partial charge in [0.2, 0.25) is 5.89 Å². The molecule has 1 aliphatic heterocycles. The number of fused-ring (bicyclic) bond motifs is 1. The summed E-state index contributed by atoms with van der Waals surface area (Å²) < 4.78 is 16.8. The number of methoxy groups -OCH3 is 2. The van der Waals surface area contributed by atoms with Gasteiger partial charge in [0.15, 0.2) is 5.58 Å². The highest BCUT2D eigenvalue weighted by atomic mass is 16.5. The van der Waals surface area contributed by atoms with E-state index in [9.17, 15) is 4.79 Å². The Balaban J connectivity index is 1.46. The maximum Gasteiger partial charge on any atom is 0.254 e. The van der Waals surface area contributed by atoms with Crippen LogP contribution in [0.1, 0.15) is 40.7 Å². The lowest BCUT2D eigenvalue weighted by molar-refractivity contribution is 0.0716. The van der Waals surface area contributed by atoms with Crippen molar-refractivity contribution >= 4 is 17.0 Å². The van der Waals surface area contributed by atoms with Crippen molar-refractivity contribution < 1.29 is 18.7 Å². The molecule has 1 atom stereocenters. The number of carbonyl (C=O) groups is 1. The number of rotatable bonds is 5. The first-order chi connectivity index (χ1) is 16.1. The SMILES string of the molecule is COc1cc(OC)cc(C(=O)N2CCCC2c2nc3cc(-c4cccc(C)c4)ccc3o2)c1. The van der Waals surface area contributed by atoms with E-state index in [1.165, 1.54) is 5.56 Å². The quantitative estimate of drug-likeness (QED) is 0.391.